The Bertz CT molecular complexity index is 2810. The van der Waals surface area contributed by atoms with Crippen molar-refractivity contribution in [2.75, 3.05) is 4.90 Å². The first-order chi connectivity index (χ1) is 28.0. The van der Waals surface area contributed by atoms with Gasteiger partial charge in [-0.1, -0.05) is 169 Å². The molecule has 0 aliphatic heterocycles. The van der Waals surface area contributed by atoms with E-state index in [4.69, 9.17) is 0 Å². The number of hydrogen-bond donors (Lipinski definition) is 0. The second kappa shape index (κ2) is 12.3. The molecule has 0 radical (unpaired) electrons. The van der Waals surface area contributed by atoms with Crippen LogP contribution in [-0.4, -0.2) is 0 Å². The Kier molecular flexibility index (Phi) is 7.36. The first-order valence-corrected chi connectivity index (χ1v) is 20.8. The summed E-state index contributed by atoms with van der Waals surface area (Å²) in [4.78, 5) is 2.43. The van der Waals surface area contributed by atoms with Crippen molar-refractivity contribution in [3.05, 3.63) is 209 Å². The van der Waals surface area contributed by atoms with E-state index in [-0.39, 0.29) is 16.2 Å². The largest absolute Gasteiger partial charge is 0.310 e. The van der Waals surface area contributed by atoms with Gasteiger partial charge in [0.15, 0.2) is 0 Å². The molecule has 8 aromatic rings. The Morgan fingerprint density at radius 2 is 0.552 bits per heavy atom. The van der Waals surface area contributed by atoms with E-state index in [1.807, 2.05) is 0 Å². The highest BCUT2D eigenvalue weighted by atomic mass is 15.1. The average Bonchev–Trinajstić information content (AvgIpc) is 3.73. The fourth-order valence-corrected chi connectivity index (χ4v) is 10.7. The average molecular weight is 746 g/mol. The Morgan fingerprint density at radius 1 is 0.259 bits per heavy atom. The Morgan fingerprint density at radius 3 is 0.948 bits per heavy atom. The standard InChI is InChI=1S/C57H47N/c1-55(2)49-16-10-7-13-43(49)46-30-23-38(33-52(46)55)36-19-25-40(26-20-36)58(42-29-32-48-45-15-9-12-18-51(45)57(5,6)54(48)35-42)41-27-21-37(22-28-41)39-24-31-47-44-14-8-11-17-50(44)56(3,4)53(47)34-39/h7-35H,1-6H3. The maximum absolute atomic E-state index is 2.43. The fraction of sp³-hybridized carbons (Fsp3) is 0.158. The van der Waals surface area contributed by atoms with Gasteiger partial charge in [0.05, 0.1) is 0 Å². The molecule has 280 valence electrons. The second-order valence-corrected chi connectivity index (χ2v) is 18.2. The molecule has 0 aromatic heterocycles. The van der Waals surface area contributed by atoms with Gasteiger partial charge in [-0.05, 0) is 138 Å². The molecule has 0 N–H and O–H groups in total. The van der Waals surface area contributed by atoms with Crippen LogP contribution in [0.5, 0.6) is 0 Å². The van der Waals surface area contributed by atoms with Crippen molar-refractivity contribution in [3.63, 3.8) is 0 Å². The van der Waals surface area contributed by atoms with E-state index in [1.54, 1.807) is 0 Å². The minimum absolute atomic E-state index is 0.0349. The third kappa shape index (κ3) is 4.96. The van der Waals surface area contributed by atoms with E-state index >= 15 is 0 Å². The number of anilines is 3. The van der Waals surface area contributed by atoms with Crippen molar-refractivity contribution >= 4 is 17.1 Å². The van der Waals surface area contributed by atoms with Gasteiger partial charge in [0.25, 0.3) is 0 Å². The molecule has 8 aromatic carbocycles. The third-order valence-electron chi connectivity index (χ3n) is 13.9. The number of rotatable bonds is 5. The molecule has 0 unspecified atom stereocenters. The predicted molar refractivity (Wildman–Crippen MR) is 245 cm³/mol. The van der Waals surface area contributed by atoms with Crippen LogP contribution in [-0.2, 0) is 16.2 Å². The number of nitrogens with zero attached hydrogens (tertiary/aromatic N) is 1. The minimum atomic E-state index is -0.0939. The van der Waals surface area contributed by atoms with Gasteiger partial charge >= 0.3 is 0 Å². The topological polar surface area (TPSA) is 3.24 Å². The van der Waals surface area contributed by atoms with Crippen LogP contribution >= 0.6 is 0 Å². The summed E-state index contributed by atoms with van der Waals surface area (Å²) in [6.45, 7) is 14.1. The summed E-state index contributed by atoms with van der Waals surface area (Å²) in [5, 5.41) is 0. The van der Waals surface area contributed by atoms with E-state index < -0.39 is 0 Å². The van der Waals surface area contributed by atoms with Crippen LogP contribution < -0.4 is 4.90 Å². The van der Waals surface area contributed by atoms with Gasteiger partial charge < -0.3 is 4.90 Å². The zero-order valence-electron chi connectivity index (χ0n) is 34.2. The van der Waals surface area contributed by atoms with Crippen LogP contribution in [0, 0.1) is 0 Å². The van der Waals surface area contributed by atoms with Gasteiger partial charge in [0, 0.05) is 33.3 Å². The van der Waals surface area contributed by atoms with E-state index in [0.29, 0.717) is 0 Å². The summed E-state index contributed by atoms with van der Waals surface area (Å²) in [5.74, 6) is 0. The van der Waals surface area contributed by atoms with Crippen LogP contribution in [0.4, 0.5) is 17.1 Å². The van der Waals surface area contributed by atoms with Crippen molar-refractivity contribution in [3.8, 4) is 55.6 Å². The SMILES string of the molecule is CC1(C)c2ccccc2-c2ccc(-c3ccc(N(c4ccc(-c5ccc6c(c5)C(C)(C)c5ccccc5-6)cc4)c4ccc5c(c4)C(C)(C)c4ccccc4-5)cc3)cc21. The zero-order valence-corrected chi connectivity index (χ0v) is 34.2. The summed E-state index contributed by atoms with van der Waals surface area (Å²) in [6.07, 6.45) is 0. The zero-order chi connectivity index (χ0) is 39.6. The summed E-state index contributed by atoms with van der Waals surface area (Å²) in [6, 6.07) is 66.2. The summed E-state index contributed by atoms with van der Waals surface area (Å²) in [5.41, 5.74) is 24.7. The Labute approximate surface area is 343 Å². The molecule has 3 aliphatic rings. The van der Waals surface area contributed by atoms with Gasteiger partial charge in [-0.3, -0.25) is 0 Å². The first-order valence-electron chi connectivity index (χ1n) is 20.8. The molecule has 0 heterocycles. The van der Waals surface area contributed by atoms with Gasteiger partial charge in [-0.25, -0.2) is 0 Å². The molecule has 0 spiro atoms. The predicted octanol–water partition coefficient (Wildman–Crippen LogP) is 15.4. The lowest BCUT2D eigenvalue weighted by molar-refractivity contribution is 0.660. The maximum Gasteiger partial charge on any atom is 0.0465 e. The van der Waals surface area contributed by atoms with E-state index in [2.05, 4.69) is 222 Å². The summed E-state index contributed by atoms with van der Waals surface area (Å²) >= 11 is 0. The molecule has 0 bridgehead atoms. The molecular formula is C57H47N. The molecule has 1 heteroatoms. The molecule has 11 rings (SSSR count). The first kappa shape index (κ1) is 34.8. The fourth-order valence-electron chi connectivity index (χ4n) is 10.7. The van der Waals surface area contributed by atoms with Crippen LogP contribution in [0.3, 0.4) is 0 Å². The van der Waals surface area contributed by atoms with Gasteiger partial charge in [-0.2, -0.15) is 0 Å². The smallest absolute Gasteiger partial charge is 0.0465 e. The molecule has 0 saturated heterocycles. The van der Waals surface area contributed by atoms with Crippen LogP contribution in [0.25, 0.3) is 55.6 Å². The highest BCUT2D eigenvalue weighted by Gasteiger charge is 2.38. The maximum atomic E-state index is 2.43. The highest BCUT2D eigenvalue weighted by Crippen LogP contribution is 2.53. The lowest BCUT2D eigenvalue weighted by Crippen LogP contribution is -2.16. The lowest BCUT2D eigenvalue weighted by atomic mass is 9.81. The van der Waals surface area contributed by atoms with Gasteiger partial charge in [-0.15, -0.1) is 0 Å². The van der Waals surface area contributed by atoms with Crippen molar-refractivity contribution in [1.82, 2.24) is 0 Å². The quantitative estimate of drug-likeness (QED) is 0.170. The summed E-state index contributed by atoms with van der Waals surface area (Å²) < 4.78 is 0. The van der Waals surface area contributed by atoms with Crippen molar-refractivity contribution in [2.45, 2.75) is 57.8 Å². The van der Waals surface area contributed by atoms with Crippen molar-refractivity contribution in [1.29, 1.82) is 0 Å². The van der Waals surface area contributed by atoms with E-state index in [0.717, 1.165) is 17.1 Å². The number of hydrogen-bond acceptors (Lipinski definition) is 1. The lowest BCUT2D eigenvalue weighted by Gasteiger charge is -2.28. The monoisotopic (exact) mass is 745 g/mol. The molecule has 0 fully saturated rings. The molecule has 58 heavy (non-hydrogen) atoms. The number of benzene rings is 8. The second-order valence-electron chi connectivity index (χ2n) is 18.2. The van der Waals surface area contributed by atoms with Gasteiger partial charge in [0.2, 0.25) is 0 Å². The van der Waals surface area contributed by atoms with Crippen LogP contribution in [0.15, 0.2) is 176 Å². The Hall–Kier alpha value is -6.44. The Balaban J connectivity index is 0.984. The highest BCUT2D eigenvalue weighted by molar-refractivity contribution is 5.88. The third-order valence-corrected chi connectivity index (χ3v) is 13.9. The van der Waals surface area contributed by atoms with E-state index in [1.165, 1.54) is 89.0 Å². The van der Waals surface area contributed by atoms with Crippen LogP contribution in [0.2, 0.25) is 0 Å². The molecule has 0 amide bonds. The van der Waals surface area contributed by atoms with E-state index in [9.17, 15) is 0 Å². The van der Waals surface area contributed by atoms with Crippen LogP contribution in [0.1, 0.15) is 74.9 Å². The normalized spacial score (nSPS) is 15.5. The summed E-state index contributed by atoms with van der Waals surface area (Å²) in [7, 11) is 0. The van der Waals surface area contributed by atoms with Gasteiger partial charge in [0.1, 0.15) is 0 Å². The molecular weight excluding hydrogens is 699 g/mol. The number of fused-ring (bicyclic) bond motifs is 9. The van der Waals surface area contributed by atoms with Crippen molar-refractivity contribution in [2.24, 2.45) is 0 Å². The minimum Gasteiger partial charge on any atom is -0.310 e. The molecule has 3 aliphatic carbocycles. The molecule has 1 nitrogen and oxygen atoms in total. The molecule has 0 saturated carbocycles. The molecule has 0 atom stereocenters. The van der Waals surface area contributed by atoms with Crippen molar-refractivity contribution < 1.29 is 0 Å².